The highest BCUT2D eigenvalue weighted by Gasteiger charge is 2.47. The Bertz CT molecular complexity index is 1410. The lowest BCUT2D eigenvalue weighted by Crippen LogP contribution is -2.35. The van der Waals surface area contributed by atoms with Crippen molar-refractivity contribution in [2.75, 3.05) is 17.4 Å². The van der Waals surface area contributed by atoms with Crippen molar-refractivity contribution in [3.63, 3.8) is 0 Å². The Morgan fingerprint density at radius 1 is 1.22 bits per heavy atom. The van der Waals surface area contributed by atoms with E-state index in [2.05, 4.69) is 21.8 Å². The fourth-order valence-corrected chi connectivity index (χ4v) is 6.21. The molecule has 12 heteroatoms. The van der Waals surface area contributed by atoms with Crippen LogP contribution in [0.15, 0.2) is 24.3 Å². The van der Waals surface area contributed by atoms with Gasteiger partial charge in [-0.25, -0.2) is 4.68 Å². The van der Waals surface area contributed by atoms with E-state index in [1.807, 2.05) is 0 Å². The molecule has 0 spiro atoms. The minimum absolute atomic E-state index is 0.0635. The van der Waals surface area contributed by atoms with Crippen LogP contribution in [-0.2, 0) is 12.8 Å². The van der Waals surface area contributed by atoms with Gasteiger partial charge in [-0.3, -0.25) is 4.79 Å². The van der Waals surface area contributed by atoms with Crippen LogP contribution in [0.25, 0.3) is 0 Å². The third kappa shape index (κ3) is 3.83. The van der Waals surface area contributed by atoms with Gasteiger partial charge in [-0.2, -0.15) is 23.5 Å². The van der Waals surface area contributed by atoms with Gasteiger partial charge in [-0.05, 0) is 48.9 Å². The van der Waals surface area contributed by atoms with Gasteiger partial charge in [-0.15, -0.1) is 11.3 Å². The lowest BCUT2D eigenvalue weighted by atomic mass is 9.96. The van der Waals surface area contributed by atoms with Gasteiger partial charge < -0.3 is 20.1 Å². The zero-order chi connectivity index (χ0) is 25.0. The summed E-state index contributed by atoms with van der Waals surface area (Å²) in [6.45, 7) is 0.0635. The SMILES string of the molecule is N#Cc1c(NC(=O)c2cc3n(n2)[C@H](C(F)(F)F)C[C@@H](c2ccc4c(c2)OCO4)N3)sc2c1CCCC2. The van der Waals surface area contributed by atoms with Gasteiger partial charge in [0.05, 0.1) is 11.6 Å². The molecule has 36 heavy (non-hydrogen) atoms. The maximum atomic E-state index is 14.0. The molecule has 1 amide bonds. The highest BCUT2D eigenvalue weighted by molar-refractivity contribution is 7.16. The number of halogens is 3. The molecule has 0 bridgehead atoms. The Balaban J connectivity index is 1.30. The number of hydrogen-bond donors (Lipinski definition) is 2. The van der Waals surface area contributed by atoms with Crippen molar-refractivity contribution < 1.29 is 27.4 Å². The molecule has 0 radical (unpaired) electrons. The highest BCUT2D eigenvalue weighted by Crippen LogP contribution is 2.45. The number of amides is 1. The number of aryl methyl sites for hydroxylation is 1. The number of carbonyl (C=O) groups is 1. The van der Waals surface area contributed by atoms with Crippen molar-refractivity contribution in [2.24, 2.45) is 0 Å². The third-order valence-corrected chi connectivity index (χ3v) is 7.94. The number of nitrogens with one attached hydrogen (secondary N) is 2. The molecule has 4 heterocycles. The fourth-order valence-electron chi connectivity index (χ4n) is 4.97. The average molecular weight is 516 g/mol. The maximum absolute atomic E-state index is 14.0. The van der Waals surface area contributed by atoms with Gasteiger partial charge in [0.15, 0.2) is 23.2 Å². The largest absolute Gasteiger partial charge is 0.454 e. The first-order valence-electron chi connectivity index (χ1n) is 11.5. The van der Waals surface area contributed by atoms with E-state index in [0.717, 1.165) is 40.8 Å². The second-order valence-corrected chi connectivity index (χ2v) is 10.0. The van der Waals surface area contributed by atoms with E-state index < -0.39 is 24.2 Å². The normalized spacial score (nSPS) is 20.2. The fraction of sp³-hybridized carbons (Fsp3) is 0.375. The Morgan fingerprint density at radius 2 is 2.03 bits per heavy atom. The van der Waals surface area contributed by atoms with E-state index in [9.17, 15) is 23.2 Å². The van der Waals surface area contributed by atoms with Gasteiger partial charge in [0, 0.05) is 17.4 Å². The first-order chi connectivity index (χ1) is 17.3. The number of nitriles is 1. The van der Waals surface area contributed by atoms with Gasteiger partial charge in [0.25, 0.3) is 5.91 Å². The summed E-state index contributed by atoms with van der Waals surface area (Å²) < 4.78 is 53.6. The van der Waals surface area contributed by atoms with Gasteiger partial charge in [0.1, 0.15) is 16.9 Å². The molecule has 2 aromatic heterocycles. The predicted octanol–water partition coefficient (Wildman–Crippen LogP) is 5.34. The number of thiophene rings is 1. The molecule has 6 rings (SSSR count). The second-order valence-electron chi connectivity index (χ2n) is 8.94. The third-order valence-electron chi connectivity index (χ3n) is 6.73. The molecule has 0 saturated carbocycles. The first kappa shape index (κ1) is 22.7. The zero-order valence-corrected chi connectivity index (χ0v) is 19.6. The lowest BCUT2D eigenvalue weighted by molar-refractivity contribution is -0.173. The van der Waals surface area contributed by atoms with Crippen LogP contribution >= 0.6 is 11.3 Å². The average Bonchev–Trinajstić information content (AvgIpc) is 3.58. The Kier molecular flexibility index (Phi) is 5.33. The van der Waals surface area contributed by atoms with Crippen molar-refractivity contribution in [2.45, 2.75) is 50.4 Å². The van der Waals surface area contributed by atoms with Crippen LogP contribution in [-0.4, -0.2) is 28.7 Å². The minimum Gasteiger partial charge on any atom is -0.454 e. The van der Waals surface area contributed by atoms with E-state index in [0.29, 0.717) is 27.6 Å². The van der Waals surface area contributed by atoms with E-state index in [-0.39, 0.29) is 24.7 Å². The molecule has 0 unspecified atom stereocenters. The topological polar surface area (TPSA) is 101 Å². The van der Waals surface area contributed by atoms with E-state index in [1.54, 1.807) is 18.2 Å². The summed E-state index contributed by atoms with van der Waals surface area (Å²) in [6.07, 6.45) is -1.26. The Hall–Kier alpha value is -3.72. The van der Waals surface area contributed by atoms with Crippen molar-refractivity contribution >= 4 is 28.1 Å². The number of ether oxygens (including phenoxy) is 2. The number of aromatic nitrogens is 2. The van der Waals surface area contributed by atoms with Crippen LogP contribution in [0.4, 0.5) is 24.0 Å². The number of fused-ring (bicyclic) bond motifs is 3. The molecule has 1 aromatic carbocycles. The van der Waals surface area contributed by atoms with Gasteiger partial charge in [-0.1, -0.05) is 6.07 Å². The molecule has 3 aromatic rings. The van der Waals surface area contributed by atoms with Crippen molar-refractivity contribution in [1.29, 1.82) is 5.26 Å². The van der Waals surface area contributed by atoms with E-state index in [1.165, 1.54) is 17.4 Å². The minimum atomic E-state index is -4.58. The Labute approximate surface area is 207 Å². The number of hydrogen-bond acceptors (Lipinski definition) is 7. The number of carbonyl (C=O) groups excluding carboxylic acids is 1. The Morgan fingerprint density at radius 3 is 2.83 bits per heavy atom. The van der Waals surface area contributed by atoms with E-state index in [4.69, 9.17) is 9.47 Å². The first-order valence-corrected chi connectivity index (χ1v) is 12.3. The van der Waals surface area contributed by atoms with Crippen molar-refractivity contribution in [3.05, 3.63) is 51.5 Å². The van der Waals surface area contributed by atoms with Gasteiger partial charge >= 0.3 is 6.18 Å². The molecular formula is C24H20F3N5O3S. The molecule has 186 valence electrons. The number of alkyl halides is 3. The standard InChI is InChI=1S/C24H20F3N5O3S/c25-24(26,27)20-8-15(12-5-6-17-18(7-12)35-11-34-17)29-21-9-16(31-32(20)21)22(33)30-23-14(10-28)13-3-1-2-4-19(13)36-23/h5-7,9,15,20,29H,1-4,8,11H2,(H,30,33)/t15-,20-/m0/s1. The summed E-state index contributed by atoms with van der Waals surface area (Å²) in [4.78, 5) is 14.1. The van der Waals surface area contributed by atoms with E-state index >= 15 is 0 Å². The summed E-state index contributed by atoms with van der Waals surface area (Å²) in [5, 5.41) is 19.9. The number of nitrogens with zero attached hydrogens (tertiary/aromatic N) is 3. The zero-order valence-electron chi connectivity index (χ0n) is 18.8. The summed E-state index contributed by atoms with van der Waals surface area (Å²) in [5.74, 6) is 0.443. The van der Waals surface area contributed by atoms with Crippen LogP contribution in [0.3, 0.4) is 0 Å². The van der Waals surface area contributed by atoms with Gasteiger partial charge in [0.2, 0.25) is 6.79 Å². The summed E-state index contributed by atoms with van der Waals surface area (Å²) in [6, 6.07) is 5.90. The molecule has 8 nitrogen and oxygen atoms in total. The summed E-state index contributed by atoms with van der Waals surface area (Å²) in [5.41, 5.74) is 1.84. The lowest BCUT2D eigenvalue weighted by Gasteiger charge is -2.33. The molecule has 2 atom stereocenters. The number of anilines is 2. The number of rotatable bonds is 3. The molecule has 2 aliphatic heterocycles. The summed E-state index contributed by atoms with van der Waals surface area (Å²) in [7, 11) is 0. The molecule has 0 fully saturated rings. The van der Waals surface area contributed by atoms with Crippen LogP contribution in [0, 0.1) is 11.3 Å². The quantitative estimate of drug-likeness (QED) is 0.489. The smallest absolute Gasteiger partial charge is 0.410 e. The van der Waals surface area contributed by atoms with Crippen LogP contribution < -0.4 is 20.1 Å². The van der Waals surface area contributed by atoms with Crippen LogP contribution in [0.2, 0.25) is 0 Å². The molecule has 0 saturated heterocycles. The molecule has 2 N–H and O–H groups in total. The number of benzene rings is 1. The molecule has 3 aliphatic rings. The van der Waals surface area contributed by atoms with Crippen molar-refractivity contribution in [1.82, 2.24) is 9.78 Å². The predicted molar refractivity (Wildman–Crippen MR) is 124 cm³/mol. The monoisotopic (exact) mass is 515 g/mol. The molecule has 1 aliphatic carbocycles. The van der Waals surface area contributed by atoms with Crippen LogP contribution in [0.1, 0.15) is 63.4 Å². The summed E-state index contributed by atoms with van der Waals surface area (Å²) >= 11 is 1.35. The maximum Gasteiger partial charge on any atom is 0.410 e. The van der Waals surface area contributed by atoms with Crippen molar-refractivity contribution in [3.8, 4) is 17.6 Å². The molecular weight excluding hydrogens is 495 g/mol. The second kappa shape index (κ2) is 8.44. The highest BCUT2D eigenvalue weighted by atomic mass is 32.1. The van der Waals surface area contributed by atoms with Crippen LogP contribution in [0.5, 0.6) is 11.5 Å².